The highest BCUT2D eigenvalue weighted by molar-refractivity contribution is 5.85. The lowest BCUT2D eigenvalue weighted by molar-refractivity contribution is -0.137. The summed E-state index contributed by atoms with van der Waals surface area (Å²) in [5.41, 5.74) is 6.52. The number of nitrogens with zero attached hydrogens (tertiary/aromatic N) is 2. The van der Waals surface area contributed by atoms with Gasteiger partial charge in [-0.1, -0.05) is 19.8 Å². The van der Waals surface area contributed by atoms with Gasteiger partial charge in [0.15, 0.2) is 0 Å². The Hall–Kier alpha value is -1.33. The number of nitrogens with one attached hydrogen (secondary N) is 4. The van der Waals surface area contributed by atoms with Crippen molar-refractivity contribution in [3.63, 3.8) is 0 Å². The molecule has 0 aromatic carbocycles. The SMILES string of the molecule is C[C@H](CC1NNCN1C)C1CCCC(NC(=O)C2CC(C(=O)N3C[C@@H](F)[C@@H](O)C3)CCN2)C1. The van der Waals surface area contributed by atoms with E-state index >= 15 is 0 Å². The summed E-state index contributed by atoms with van der Waals surface area (Å²) in [5.74, 6) is 0.679. The molecule has 0 bridgehead atoms. The predicted octanol–water partition coefficient (Wildman–Crippen LogP) is -0.0798. The first-order valence-electron chi connectivity index (χ1n) is 12.6. The quantitative estimate of drug-likeness (QED) is 0.371. The molecule has 0 aromatic heterocycles. The fourth-order valence-electron chi connectivity index (χ4n) is 6.00. The van der Waals surface area contributed by atoms with Crippen molar-refractivity contribution in [2.24, 2.45) is 17.8 Å². The molecule has 8 atom stereocenters. The van der Waals surface area contributed by atoms with E-state index in [1.165, 1.54) is 11.3 Å². The van der Waals surface area contributed by atoms with Gasteiger partial charge in [-0.05, 0) is 57.5 Å². The van der Waals surface area contributed by atoms with Gasteiger partial charge in [-0.15, -0.1) is 0 Å². The maximum atomic E-state index is 13.7. The molecule has 5 N–H and O–H groups in total. The molecule has 3 aliphatic heterocycles. The van der Waals surface area contributed by atoms with Crippen LogP contribution in [0.4, 0.5) is 4.39 Å². The number of hydrazine groups is 1. The lowest BCUT2D eigenvalue weighted by Gasteiger charge is -2.36. The van der Waals surface area contributed by atoms with Crippen LogP contribution in [0.5, 0.6) is 0 Å². The molecule has 1 aliphatic carbocycles. The molecule has 0 aromatic rings. The van der Waals surface area contributed by atoms with Crippen molar-refractivity contribution in [2.45, 2.75) is 82.4 Å². The maximum absolute atomic E-state index is 13.7. The topological polar surface area (TPSA) is 109 Å². The standard InChI is InChI=1S/C23H41FN6O3/c1-14(8-21-28-26-13-29(21)2)15-4-3-5-17(9-15)27-22(32)19-10-16(6-7-25-19)23(33)30-11-18(24)20(31)12-30/h14-21,25-26,28,31H,3-13H2,1-2H3,(H,27,32)/t14-,15?,16?,17?,18-,19?,20+,21?/m1/s1. The van der Waals surface area contributed by atoms with E-state index in [1.54, 1.807) is 0 Å². The summed E-state index contributed by atoms with van der Waals surface area (Å²) < 4.78 is 13.7. The highest BCUT2D eigenvalue weighted by Crippen LogP contribution is 2.33. The zero-order valence-electron chi connectivity index (χ0n) is 19.9. The summed E-state index contributed by atoms with van der Waals surface area (Å²) in [6, 6.07) is -0.230. The number of carbonyl (C=O) groups is 2. The summed E-state index contributed by atoms with van der Waals surface area (Å²) in [4.78, 5) is 29.5. The van der Waals surface area contributed by atoms with Gasteiger partial charge in [0.2, 0.25) is 11.8 Å². The number of aliphatic hydroxyl groups is 1. The van der Waals surface area contributed by atoms with Crippen molar-refractivity contribution in [2.75, 3.05) is 33.4 Å². The van der Waals surface area contributed by atoms with E-state index < -0.39 is 18.3 Å². The second kappa shape index (κ2) is 10.9. The number of hydrogen-bond acceptors (Lipinski definition) is 7. The van der Waals surface area contributed by atoms with Gasteiger partial charge in [-0.3, -0.25) is 14.5 Å². The third kappa shape index (κ3) is 6.03. The monoisotopic (exact) mass is 468 g/mol. The smallest absolute Gasteiger partial charge is 0.237 e. The molecular weight excluding hydrogens is 427 g/mol. The van der Waals surface area contributed by atoms with Crippen LogP contribution >= 0.6 is 0 Å². The number of likely N-dealkylation sites (tertiary alicyclic amines) is 1. The Bertz CT molecular complexity index is 689. The van der Waals surface area contributed by atoms with E-state index in [9.17, 15) is 19.1 Å². The van der Waals surface area contributed by atoms with Crippen LogP contribution in [0.15, 0.2) is 0 Å². The van der Waals surface area contributed by atoms with Crippen LogP contribution in [0.3, 0.4) is 0 Å². The maximum Gasteiger partial charge on any atom is 0.237 e. The molecule has 4 fully saturated rings. The van der Waals surface area contributed by atoms with Crippen molar-refractivity contribution in [1.82, 2.24) is 31.3 Å². The summed E-state index contributed by atoms with van der Waals surface area (Å²) >= 11 is 0. The Morgan fingerprint density at radius 1 is 1.21 bits per heavy atom. The Labute approximate surface area is 196 Å². The number of carbonyl (C=O) groups excluding carboxylic acids is 2. The first-order chi connectivity index (χ1) is 15.8. The van der Waals surface area contributed by atoms with Gasteiger partial charge in [-0.25, -0.2) is 15.2 Å². The van der Waals surface area contributed by atoms with E-state index in [0.717, 1.165) is 32.4 Å². The van der Waals surface area contributed by atoms with E-state index in [-0.39, 0.29) is 36.9 Å². The Kier molecular flexibility index (Phi) is 8.22. The van der Waals surface area contributed by atoms with Crippen LogP contribution in [-0.2, 0) is 9.59 Å². The van der Waals surface area contributed by atoms with Crippen LogP contribution in [0.1, 0.15) is 51.9 Å². The Morgan fingerprint density at radius 3 is 2.73 bits per heavy atom. The van der Waals surface area contributed by atoms with Crippen molar-refractivity contribution in [1.29, 1.82) is 0 Å². The lowest BCUT2D eigenvalue weighted by Crippen LogP contribution is -2.54. The minimum Gasteiger partial charge on any atom is -0.388 e. The number of rotatable bonds is 6. The second-order valence-corrected chi connectivity index (χ2v) is 10.7. The van der Waals surface area contributed by atoms with Crippen LogP contribution in [0, 0.1) is 17.8 Å². The first kappa shape index (κ1) is 24.8. The average Bonchev–Trinajstić information content (AvgIpc) is 3.37. The van der Waals surface area contributed by atoms with Crippen LogP contribution in [0.2, 0.25) is 0 Å². The van der Waals surface area contributed by atoms with E-state index in [0.29, 0.717) is 37.4 Å². The molecule has 3 heterocycles. The number of amides is 2. The van der Waals surface area contributed by atoms with Crippen molar-refractivity contribution < 1.29 is 19.1 Å². The van der Waals surface area contributed by atoms with Gasteiger partial charge in [0.05, 0.1) is 25.4 Å². The van der Waals surface area contributed by atoms with E-state index in [1.807, 2.05) is 0 Å². The minimum atomic E-state index is -1.38. The van der Waals surface area contributed by atoms with Gasteiger partial charge in [0.25, 0.3) is 0 Å². The molecule has 2 amide bonds. The van der Waals surface area contributed by atoms with Crippen molar-refractivity contribution >= 4 is 11.8 Å². The third-order valence-electron chi connectivity index (χ3n) is 8.19. The number of alkyl halides is 1. The van der Waals surface area contributed by atoms with Gasteiger partial charge < -0.3 is 20.6 Å². The molecule has 0 spiro atoms. The molecule has 0 radical (unpaired) electrons. The van der Waals surface area contributed by atoms with Crippen LogP contribution in [-0.4, -0.2) is 90.6 Å². The molecule has 1 saturated carbocycles. The Morgan fingerprint density at radius 2 is 2.03 bits per heavy atom. The van der Waals surface area contributed by atoms with Crippen molar-refractivity contribution in [3.05, 3.63) is 0 Å². The second-order valence-electron chi connectivity index (χ2n) is 10.7. The fraction of sp³-hybridized carbons (Fsp3) is 0.913. The van der Waals surface area contributed by atoms with Gasteiger partial charge >= 0.3 is 0 Å². The van der Waals surface area contributed by atoms with Gasteiger partial charge in [-0.2, -0.15) is 0 Å². The number of halogens is 1. The van der Waals surface area contributed by atoms with E-state index in [2.05, 4.69) is 40.4 Å². The summed E-state index contributed by atoms with van der Waals surface area (Å²) in [6.45, 7) is 3.75. The molecule has 188 valence electrons. The summed E-state index contributed by atoms with van der Waals surface area (Å²) in [5, 5.41) is 16.2. The van der Waals surface area contributed by atoms with Crippen LogP contribution in [0.25, 0.3) is 0 Å². The molecule has 4 aliphatic rings. The number of β-amino-alcohol motifs (C(OH)–C–C–N with tert-alkyl or cyclic N) is 1. The largest absolute Gasteiger partial charge is 0.388 e. The predicted molar refractivity (Wildman–Crippen MR) is 122 cm³/mol. The third-order valence-corrected chi connectivity index (χ3v) is 8.19. The lowest BCUT2D eigenvalue weighted by atomic mass is 9.77. The highest BCUT2D eigenvalue weighted by atomic mass is 19.1. The number of piperidine rings is 1. The molecule has 9 nitrogen and oxygen atoms in total. The molecule has 5 unspecified atom stereocenters. The molecule has 4 rings (SSSR count). The summed E-state index contributed by atoms with van der Waals surface area (Å²) in [7, 11) is 2.12. The molecule has 3 saturated heterocycles. The molecular formula is C23H41FN6O3. The van der Waals surface area contributed by atoms with Gasteiger partial charge in [0, 0.05) is 18.5 Å². The van der Waals surface area contributed by atoms with Gasteiger partial charge in [0.1, 0.15) is 12.3 Å². The summed E-state index contributed by atoms with van der Waals surface area (Å²) in [6.07, 6.45) is 4.32. The van der Waals surface area contributed by atoms with Crippen molar-refractivity contribution in [3.8, 4) is 0 Å². The van der Waals surface area contributed by atoms with E-state index in [4.69, 9.17) is 0 Å². The average molecular weight is 469 g/mol. The fourth-order valence-corrected chi connectivity index (χ4v) is 6.00. The highest BCUT2D eigenvalue weighted by Gasteiger charge is 2.39. The normalized spacial score (nSPS) is 38.9. The molecule has 10 heteroatoms. The van der Waals surface area contributed by atoms with Crippen LogP contribution < -0.4 is 21.5 Å². The zero-order valence-corrected chi connectivity index (χ0v) is 19.9. The number of hydrogen-bond donors (Lipinski definition) is 5. The number of aliphatic hydroxyl groups excluding tert-OH is 1. The molecule has 33 heavy (non-hydrogen) atoms. The zero-order chi connectivity index (χ0) is 23.5. The first-order valence-corrected chi connectivity index (χ1v) is 12.6. The minimum absolute atomic E-state index is 0.0305. The Balaban J connectivity index is 1.25.